The summed E-state index contributed by atoms with van der Waals surface area (Å²) in [6, 6.07) is 6.32. The second-order valence-corrected chi connectivity index (χ2v) is 3.76. The van der Waals surface area contributed by atoms with Crippen LogP contribution in [-0.4, -0.2) is 20.2 Å². The molecule has 0 amide bonds. The summed E-state index contributed by atoms with van der Waals surface area (Å²) < 4.78 is 0. The largest absolute Gasteiger partial charge is 0.172 e. The molecule has 0 bridgehead atoms. The molecule has 2 rings (SSSR count). The lowest BCUT2D eigenvalue weighted by atomic mass is 10.0. The highest BCUT2D eigenvalue weighted by Crippen LogP contribution is 2.19. The summed E-state index contributed by atoms with van der Waals surface area (Å²) in [4.78, 5) is 1.65. The van der Waals surface area contributed by atoms with Crippen molar-refractivity contribution in [2.45, 2.75) is 33.6 Å². The molecule has 0 saturated heterocycles. The predicted octanol–water partition coefficient (Wildman–Crippen LogP) is 2.10. The fourth-order valence-corrected chi connectivity index (χ4v) is 1.85. The van der Waals surface area contributed by atoms with Crippen molar-refractivity contribution in [3.63, 3.8) is 0 Å². The Bertz CT molecular complexity index is 465. The van der Waals surface area contributed by atoms with Crippen LogP contribution in [-0.2, 0) is 12.8 Å². The molecular weight excluding hydrogens is 200 g/mol. The zero-order valence-corrected chi connectivity index (χ0v) is 9.94. The third-order valence-corrected chi connectivity index (χ3v) is 2.68. The van der Waals surface area contributed by atoms with Gasteiger partial charge in [-0.25, -0.2) is 0 Å². The van der Waals surface area contributed by atoms with Gasteiger partial charge < -0.3 is 0 Å². The van der Waals surface area contributed by atoms with E-state index in [4.69, 9.17) is 0 Å². The van der Waals surface area contributed by atoms with E-state index in [1.165, 1.54) is 11.1 Å². The van der Waals surface area contributed by atoms with Gasteiger partial charge in [-0.15, -0.1) is 15.0 Å². The lowest BCUT2D eigenvalue weighted by Gasteiger charge is -2.10. The Morgan fingerprint density at radius 1 is 1.12 bits per heavy atom. The quantitative estimate of drug-likeness (QED) is 0.789. The van der Waals surface area contributed by atoms with Crippen molar-refractivity contribution in [3.8, 4) is 5.69 Å². The maximum Gasteiger partial charge on any atom is 0.172 e. The van der Waals surface area contributed by atoms with Gasteiger partial charge in [0.1, 0.15) is 0 Å². The highest BCUT2D eigenvalue weighted by Gasteiger charge is 2.10. The normalized spacial score (nSPS) is 10.7. The third-order valence-electron chi connectivity index (χ3n) is 2.68. The molecule has 1 aromatic carbocycles. The Balaban J connectivity index is 2.60. The fraction of sp³-hybridized carbons (Fsp3) is 0.417. The lowest BCUT2D eigenvalue weighted by Crippen LogP contribution is -2.07. The number of aromatic nitrogens is 4. The highest BCUT2D eigenvalue weighted by atomic mass is 15.6. The van der Waals surface area contributed by atoms with Crippen molar-refractivity contribution < 1.29 is 0 Å². The summed E-state index contributed by atoms with van der Waals surface area (Å²) in [7, 11) is 0. The molecule has 0 aliphatic heterocycles. The van der Waals surface area contributed by atoms with E-state index in [1.54, 1.807) is 4.80 Å². The predicted molar refractivity (Wildman–Crippen MR) is 62.6 cm³/mol. The van der Waals surface area contributed by atoms with Crippen molar-refractivity contribution in [1.29, 1.82) is 0 Å². The minimum absolute atomic E-state index is 0.702. The molecule has 16 heavy (non-hydrogen) atoms. The number of hydrogen-bond acceptors (Lipinski definition) is 3. The monoisotopic (exact) mass is 216 g/mol. The van der Waals surface area contributed by atoms with Crippen LogP contribution >= 0.6 is 0 Å². The minimum Gasteiger partial charge on any atom is -0.132 e. The SMILES string of the molecule is CCc1cccc(CC)c1-n1nnc(C)n1. The van der Waals surface area contributed by atoms with Gasteiger partial charge in [0.2, 0.25) is 0 Å². The molecule has 4 heteroatoms. The second-order valence-electron chi connectivity index (χ2n) is 3.76. The number of aryl methyl sites for hydroxylation is 3. The van der Waals surface area contributed by atoms with Gasteiger partial charge in [-0.3, -0.25) is 0 Å². The van der Waals surface area contributed by atoms with Crippen molar-refractivity contribution in [2.75, 3.05) is 0 Å². The Morgan fingerprint density at radius 2 is 1.75 bits per heavy atom. The zero-order valence-electron chi connectivity index (χ0n) is 9.94. The van der Waals surface area contributed by atoms with Gasteiger partial charge in [-0.05, 0) is 36.1 Å². The fourth-order valence-electron chi connectivity index (χ4n) is 1.85. The maximum absolute atomic E-state index is 4.29. The number of rotatable bonds is 3. The van der Waals surface area contributed by atoms with Crippen molar-refractivity contribution in [1.82, 2.24) is 20.2 Å². The average molecular weight is 216 g/mol. The standard InChI is InChI=1S/C12H16N4/c1-4-10-7-6-8-11(5-2)12(10)16-14-9(3)13-15-16/h6-8H,4-5H2,1-3H3. The number of hydrogen-bond donors (Lipinski definition) is 0. The van der Waals surface area contributed by atoms with Crippen molar-refractivity contribution in [3.05, 3.63) is 35.2 Å². The molecular formula is C12H16N4. The van der Waals surface area contributed by atoms with Gasteiger partial charge in [0.05, 0.1) is 5.69 Å². The third kappa shape index (κ3) is 1.83. The summed E-state index contributed by atoms with van der Waals surface area (Å²) in [6.45, 7) is 6.13. The van der Waals surface area contributed by atoms with Gasteiger partial charge in [0.15, 0.2) is 5.82 Å². The van der Waals surface area contributed by atoms with Crippen molar-refractivity contribution >= 4 is 0 Å². The molecule has 0 spiro atoms. The molecule has 2 aromatic rings. The van der Waals surface area contributed by atoms with E-state index in [-0.39, 0.29) is 0 Å². The number of benzene rings is 1. The van der Waals surface area contributed by atoms with Crippen LogP contribution < -0.4 is 0 Å². The van der Waals surface area contributed by atoms with Crippen LogP contribution in [0.3, 0.4) is 0 Å². The van der Waals surface area contributed by atoms with E-state index in [0.29, 0.717) is 5.82 Å². The molecule has 0 atom stereocenters. The van der Waals surface area contributed by atoms with Gasteiger partial charge in [-0.1, -0.05) is 32.0 Å². The first-order chi connectivity index (χ1) is 7.76. The van der Waals surface area contributed by atoms with E-state index in [2.05, 4.69) is 47.5 Å². The zero-order chi connectivity index (χ0) is 11.5. The van der Waals surface area contributed by atoms with Gasteiger partial charge in [0.25, 0.3) is 0 Å². The van der Waals surface area contributed by atoms with Crippen LogP contribution in [0, 0.1) is 6.92 Å². The summed E-state index contributed by atoms with van der Waals surface area (Å²) in [6.07, 6.45) is 1.95. The Morgan fingerprint density at radius 3 is 2.19 bits per heavy atom. The smallest absolute Gasteiger partial charge is 0.132 e. The van der Waals surface area contributed by atoms with Gasteiger partial charge in [-0.2, -0.15) is 0 Å². The van der Waals surface area contributed by atoms with Crippen LogP contribution in [0.25, 0.3) is 5.69 Å². The Kier molecular flexibility index (Phi) is 2.99. The van der Waals surface area contributed by atoms with Crippen LogP contribution in [0.5, 0.6) is 0 Å². The number of tetrazole rings is 1. The average Bonchev–Trinajstić information content (AvgIpc) is 2.74. The molecule has 0 saturated carbocycles. The molecule has 0 radical (unpaired) electrons. The van der Waals surface area contributed by atoms with E-state index < -0.39 is 0 Å². The second kappa shape index (κ2) is 4.43. The van der Waals surface area contributed by atoms with Crippen LogP contribution in [0.4, 0.5) is 0 Å². The van der Waals surface area contributed by atoms with Crippen LogP contribution in [0.1, 0.15) is 30.8 Å². The number of nitrogens with zero attached hydrogens (tertiary/aromatic N) is 4. The molecule has 0 aliphatic carbocycles. The molecule has 84 valence electrons. The minimum atomic E-state index is 0.702. The first kappa shape index (κ1) is 10.8. The Hall–Kier alpha value is -1.71. The molecule has 1 aromatic heterocycles. The first-order valence-electron chi connectivity index (χ1n) is 5.64. The molecule has 4 nitrogen and oxygen atoms in total. The van der Waals surface area contributed by atoms with E-state index >= 15 is 0 Å². The molecule has 0 unspecified atom stereocenters. The molecule has 0 aliphatic rings. The van der Waals surface area contributed by atoms with Crippen molar-refractivity contribution in [2.24, 2.45) is 0 Å². The summed E-state index contributed by atoms with van der Waals surface area (Å²) in [5.74, 6) is 0.702. The number of para-hydroxylation sites is 1. The van der Waals surface area contributed by atoms with Gasteiger partial charge >= 0.3 is 0 Å². The van der Waals surface area contributed by atoms with Crippen LogP contribution in [0.2, 0.25) is 0 Å². The topological polar surface area (TPSA) is 43.6 Å². The van der Waals surface area contributed by atoms with E-state index in [1.807, 2.05) is 6.92 Å². The van der Waals surface area contributed by atoms with E-state index in [0.717, 1.165) is 18.5 Å². The molecule has 0 fully saturated rings. The van der Waals surface area contributed by atoms with E-state index in [9.17, 15) is 0 Å². The highest BCUT2D eigenvalue weighted by molar-refractivity contribution is 5.46. The summed E-state index contributed by atoms with van der Waals surface area (Å²) >= 11 is 0. The van der Waals surface area contributed by atoms with Gasteiger partial charge in [0, 0.05) is 0 Å². The molecule has 1 heterocycles. The summed E-state index contributed by atoms with van der Waals surface area (Å²) in [5, 5.41) is 12.3. The first-order valence-corrected chi connectivity index (χ1v) is 5.64. The maximum atomic E-state index is 4.29. The Labute approximate surface area is 95.3 Å². The molecule has 0 N–H and O–H groups in total. The van der Waals surface area contributed by atoms with Crippen LogP contribution in [0.15, 0.2) is 18.2 Å². The lowest BCUT2D eigenvalue weighted by molar-refractivity contribution is 0.703. The summed E-state index contributed by atoms with van der Waals surface area (Å²) in [5.41, 5.74) is 3.61.